The van der Waals surface area contributed by atoms with E-state index in [1.807, 2.05) is 0 Å². The average Bonchev–Trinajstić information content (AvgIpc) is 3.14. The molecule has 0 aliphatic carbocycles. The maximum Gasteiger partial charge on any atom is 0.223 e. The molecule has 0 saturated carbocycles. The summed E-state index contributed by atoms with van der Waals surface area (Å²) in [6.45, 7) is 0.924. The molecule has 1 aromatic rings. The predicted octanol–water partition coefficient (Wildman–Crippen LogP) is 4.03. The van der Waals surface area contributed by atoms with Gasteiger partial charge in [0.05, 0.1) is 6.04 Å². The Balaban J connectivity index is 1.43. The number of hydrogen-bond acceptors (Lipinski definition) is 2. The van der Waals surface area contributed by atoms with Gasteiger partial charge < -0.3 is 10.2 Å². The van der Waals surface area contributed by atoms with Gasteiger partial charge in [-0.15, -0.1) is 0 Å². The summed E-state index contributed by atoms with van der Waals surface area (Å²) in [7, 11) is 0. The Morgan fingerprint density at radius 3 is 2.74 bits per heavy atom. The number of nitrogens with one attached hydrogen (secondary N) is 1. The number of hydrogen-bond donors (Lipinski definition) is 1. The highest BCUT2D eigenvalue weighted by molar-refractivity contribution is 9.10. The second-order valence-electron chi connectivity index (χ2n) is 7.48. The van der Waals surface area contributed by atoms with Gasteiger partial charge in [0.1, 0.15) is 0 Å². The van der Waals surface area contributed by atoms with Crippen LogP contribution in [0.3, 0.4) is 0 Å². The number of benzene rings is 1. The summed E-state index contributed by atoms with van der Waals surface area (Å²) in [6, 6.07) is 10.1. The van der Waals surface area contributed by atoms with Gasteiger partial charge in [0.2, 0.25) is 5.91 Å². The van der Waals surface area contributed by atoms with Crippen molar-refractivity contribution in [1.29, 1.82) is 0 Å². The summed E-state index contributed by atoms with van der Waals surface area (Å²) in [5.41, 5.74) is 1.27. The van der Waals surface area contributed by atoms with Gasteiger partial charge in [-0.25, -0.2) is 0 Å². The fraction of sp³-hybridized carbons (Fsp3) is 0.632. The lowest BCUT2D eigenvalue weighted by molar-refractivity contribution is -0.133. The largest absolute Gasteiger partial charge is 0.336 e. The van der Waals surface area contributed by atoms with Crippen molar-refractivity contribution in [3.8, 4) is 0 Å². The lowest BCUT2D eigenvalue weighted by Gasteiger charge is -2.31. The van der Waals surface area contributed by atoms with E-state index in [9.17, 15) is 4.79 Å². The van der Waals surface area contributed by atoms with E-state index in [4.69, 9.17) is 0 Å². The lowest BCUT2D eigenvalue weighted by Crippen LogP contribution is -2.40. The summed E-state index contributed by atoms with van der Waals surface area (Å²) in [6.07, 6.45) is 7.97. The number of fused-ring (bicyclic) bond motifs is 2. The lowest BCUT2D eigenvalue weighted by atomic mass is 9.89. The zero-order valence-corrected chi connectivity index (χ0v) is 15.1. The Kier molecular flexibility index (Phi) is 4.46. The van der Waals surface area contributed by atoms with Crippen LogP contribution in [0.1, 0.15) is 56.6 Å². The number of rotatable bonds is 3. The van der Waals surface area contributed by atoms with Crippen molar-refractivity contribution in [2.24, 2.45) is 5.92 Å². The Hall–Kier alpha value is -0.870. The van der Waals surface area contributed by atoms with E-state index in [1.54, 1.807) is 0 Å². The van der Waals surface area contributed by atoms with E-state index < -0.39 is 0 Å². The molecule has 4 heteroatoms. The molecule has 3 aliphatic rings. The standard InChI is InChI=1S/C19H25BrN2O/c20-15-4-1-3-14(12-15)18-5-2-8-22(18)19(23)11-13-9-16-6-7-17(10-13)21-16/h1,3-4,12-13,16-18,21H,2,5-11H2. The van der Waals surface area contributed by atoms with Crippen LogP contribution in [0.2, 0.25) is 0 Å². The van der Waals surface area contributed by atoms with E-state index in [-0.39, 0.29) is 6.04 Å². The molecule has 124 valence electrons. The van der Waals surface area contributed by atoms with Gasteiger partial charge in [-0.1, -0.05) is 28.1 Å². The second kappa shape index (κ2) is 6.56. The molecule has 3 heterocycles. The Labute approximate surface area is 146 Å². The molecule has 3 saturated heterocycles. The van der Waals surface area contributed by atoms with Crippen LogP contribution in [0, 0.1) is 5.92 Å². The molecule has 3 nitrogen and oxygen atoms in total. The summed E-state index contributed by atoms with van der Waals surface area (Å²) < 4.78 is 1.10. The molecular formula is C19H25BrN2O. The van der Waals surface area contributed by atoms with Crippen LogP contribution in [0.5, 0.6) is 0 Å². The number of likely N-dealkylation sites (tertiary alicyclic amines) is 1. The fourth-order valence-corrected chi connectivity index (χ4v) is 5.25. The molecule has 3 fully saturated rings. The highest BCUT2D eigenvalue weighted by Crippen LogP contribution is 2.37. The van der Waals surface area contributed by atoms with E-state index >= 15 is 0 Å². The van der Waals surface area contributed by atoms with Crippen molar-refractivity contribution >= 4 is 21.8 Å². The zero-order chi connectivity index (χ0) is 15.8. The molecule has 0 radical (unpaired) electrons. The highest BCUT2D eigenvalue weighted by Gasteiger charge is 2.36. The number of nitrogens with zero attached hydrogens (tertiary/aromatic N) is 1. The van der Waals surface area contributed by atoms with Crippen molar-refractivity contribution < 1.29 is 4.79 Å². The minimum Gasteiger partial charge on any atom is -0.336 e. The highest BCUT2D eigenvalue weighted by atomic mass is 79.9. The summed E-state index contributed by atoms with van der Waals surface area (Å²) in [5.74, 6) is 0.962. The molecule has 3 unspecified atom stereocenters. The first-order chi connectivity index (χ1) is 11.2. The Morgan fingerprint density at radius 2 is 2.00 bits per heavy atom. The maximum atomic E-state index is 12.9. The number of carbonyl (C=O) groups excluding carboxylic acids is 1. The van der Waals surface area contributed by atoms with Crippen LogP contribution in [-0.4, -0.2) is 29.4 Å². The van der Waals surface area contributed by atoms with E-state index in [2.05, 4.69) is 50.4 Å². The first kappa shape index (κ1) is 15.6. The van der Waals surface area contributed by atoms with Crippen molar-refractivity contribution in [2.75, 3.05) is 6.54 Å². The van der Waals surface area contributed by atoms with Crippen molar-refractivity contribution in [1.82, 2.24) is 10.2 Å². The van der Waals surface area contributed by atoms with Crippen molar-refractivity contribution in [3.63, 3.8) is 0 Å². The van der Waals surface area contributed by atoms with Gasteiger partial charge in [0.15, 0.2) is 0 Å². The van der Waals surface area contributed by atoms with Crippen LogP contribution in [0.25, 0.3) is 0 Å². The molecule has 1 N–H and O–H groups in total. The van der Waals surface area contributed by atoms with Gasteiger partial charge >= 0.3 is 0 Å². The third kappa shape index (κ3) is 3.34. The fourth-order valence-electron chi connectivity index (χ4n) is 4.83. The molecule has 0 aromatic heterocycles. The quantitative estimate of drug-likeness (QED) is 0.863. The smallest absolute Gasteiger partial charge is 0.223 e. The molecule has 23 heavy (non-hydrogen) atoms. The van der Waals surface area contributed by atoms with Crippen molar-refractivity contribution in [3.05, 3.63) is 34.3 Å². The van der Waals surface area contributed by atoms with Crippen molar-refractivity contribution in [2.45, 2.75) is 63.1 Å². The normalized spacial score (nSPS) is 33.2. The van der Waals surface area contributed by atoms with E-state index in [0.29, 0.717) is 23.9 Å². The molecule has 1 amide bonds. The third-order valence-corrected chi connectivity index (χ3v) is 6.33. The minimum absolute atomic E-state index is 0.276. The molecular weight excluding hydrogens is 352 g/mol. The molecule has 1 aromatic carbocycles. The summed E-state index contributed by atoms with van der Waals surface area (Å²) in [5, 5.41) is 3.67. The predicted molar refractivity (Wildman–Crippen MR) is 95.1 cm³/mol. The molecule has 3 aliphatic heterocycles. The molecule has 0 spiro atoms. The van der Waals surface area contributed by atoms with Gasteiger partial charge in [-0.2, -0.15) is 0 Å². The average molecular weight is 377 g/mol. The first-order valence-corrected chi connectivity index (χ1v) is 9.79. The zero-order valence-electron chi connectivity index (χ0n) is 13.5. The van der Waals surface area contributed by atoms with Crippen LogP contribution in [0.4, 0.5) is 0 Å². The molecule has 4 rings (SSSR count). The monoisotopic (exact) mass is 376 g/mol. The molecule has 2 bridgehead atoms. The van der Waals surface area contributed by atoms with Crippen LogP contribution in [-0.2, 0) is 4.79 Å². The third-order valence-electron chi connectivity index (χ3n) is 5.84. The molecule has 3 atom stereocenters. The van der Waals surface area contributed by atoms with Gasteiger partial charge in [-0.05, 0) is 62.1 Å². The number of piperidine rings is 1. The first-order valence-electron chi connectivity index (χ1n) is 9.00. The van der Waals surface area contributed by atoms with Crippen LogP contribution < -0.4 is 5.32 Å². The van der Waals surface area contributed by atoms with Crippen LogP contribution in [0.15, 0.2) is 28.7 Å². The second-order valence-corrected chi connectivity index (χ2v) is 8.40. The SMILES string of the molecule is O=C(CC1CC2CCC(C1)N2)N1CCCC1c1cccc(Br)c1. The van der Waals surface area contributed by atoms with E-state index in [1.165, 1.54) is 31.2 Å². The van der Waals surface area contributed by atoms with Gasteiger partial charge in [-0.3, -0.25) is 4.79 Å². The van der Waals surface area contributed by atoms with Gasteiger partial charge in [0.25, 0.3) is 0 Å². The number of carbonyl (C=O) groups is 1. The minimum atomic E-state index is 0.276. The Bertz CT molecular complexity index is 578. The number of amides is 1. The van der Waals surface area contributed by atoms with Gasteiger partial charge in [0, 0.05) is 29.5 Å². The summed E-state index contributed by atoms with van der Waals surface area (Å²) in [4.78, 5) is 15.1. The number of halogens is 1. The Morgan fingerprint density at radius 1 is 1.22 bits per heavy atom. The van der Waals surface area contributed by atoms with Crippen LogP contribution >= 0.6 is 15.9 Å². The van der Waals surface area contributed by atoms with E-state index in [0.717, 1.165) is 30.3 Å². The summed E-state index contributed by atoms with van der Waals surface area (Å²) >= 11 is 3.56. The maximum absolute atomic E-state index is 12.9. The topological polar surface area (TPSA) is 32.3 Å².